The van der Waals surface area contributed by atoms with E-state index < -0.39 is 0 Å². The number of alkyl halides is 1. The number of ether oxygens (including phenoxy) is 2. The number of methoxy groups -OCH3 is 1. The molecule has 0 aliphatic heterocycles. The monoisotopic (exact) mass is 280 g/mol. The van der Waals surface area contributed by atoms with E-state index in [1.807, 2.05) is 36.0 Å². The zero-order chi connectivity index (χ0) is 13.7. The minimum Gasteiger partial charge on any atom is -0.493 e. The number of aromatic nitrogens is 2. The Bertz CT molecular complexity index is 518. The summed E-state index contributed by atoms with van der Waals surface area (Å²) in [5.41, 5.74) is 1.94. The molecule has 19 heavy (non-hydrogen) atoms. The Morgan fingerprint density at radius 2 is 2.21 bits per heavy atom. The molecule has 1 aromatic carbocycles. The van der Waals surface area contributed by atoms with Crippen molar-refractivity contribution >= 4 is 11.6 Å². The van der Waals surface area contributed by atoms with Gasteiger partial charge in [-0.15, -0.1) is 11.6 Å². The highest BCUT2D eigenvalue weighted by atomic mass is 35.5. The molecule has 5 heteroatoms. The fraction of sp³-hybridized carbons (Fsp3) is 0.357. The summed E-state index contributed by atoms with van der Waals surface area (Å²) in [7, 11) is 1.62. The number of hydrogen-bond acceptors (Lipinski definition) is 3. The van der Waals surface area contributed by atoms with E-state index in [0.717, 1.165) is 17.7 Å². The second-order valence-electron chi connectivity index (χ2n) is 4.08. The number of aryl methyl sites for hydroxylation is 1. The number of benzene rings is 1. The van der Waals surface area contributed by atoms with E-state index in [1.54, 1.807) is 13.3 Å². The molecule has 0 atom stereocenters. The van der Waals surface area contributed by atoms with Crippen LogP contribution in [0.15, 0.2) is 30.6 Å². The molecular formula is C14H17ClN2O2. The van der Waals surface area contributed by atoms with E-state index in [2.05, 4.69) is 5.10 Å². The highest BCUT2D eigenvalue weighted by Gasteiger charge is 2.10. The molecule has 2 rings (SSSR count). The Labute approximate surface area is 117 Å². The third kappa shape index (κ3) is 3.20. The van der Waals surface area contributed by atoms with Crippen molar-refractivity contribution in [3.63, 3.8) is 0 Å². The molecule has 102 valence electrons. The van der Waals surface area contributed by atoms with Gasteiger partial charge in [0.25, 0.3) is 0 Å². The summed E-state index contributed by atoms with van der Waals surface area (Å²) in [6.45, 7) is 3.34. The molecule has 1 heterocycles. The van der Waals surface area contributed by atoms with E-state index in [9.17, 15) is 0 Å². The van der Waals surface area contributed by atoms with Crippen LogP contribution in [-0.2, 0) is 19.0 Å². The Balaban J connectivity index is 2.13. The lowest BCUT2D eigenvalue weighted by Gasteiger charge is -2.13. The van der Waals surface area contributed by atoms with Crippen LogP contribution >= 0.6 is 11.6 Å². The highest BCUT2D eigenvalue weighted by Crippen LogP contribution is 2.32. The molecule has 4 nitrogen and oxygen atoms in total. The standard InChI is InChI=1S/C14H17ClN2O2/c1-3-17-9-11(8-16-17)10-19-14-12(7-15)5-4-6-13(14)18-2/h4-6,8-9H,3,7,10H2,1-2H3. The minimum atomic E-state index is 0.390. The maximum Gasteiger partial charge on any atom is 0.166 e. The number of halogens is 1. The lowest BCUT2D eigenvalue weighted by atomic mass is 10.2. The smallest absolute Gasteiger partial charge is 0.166 e. The SMILES string of the molecule is CCn1cc(COc2c(CCl)cccc2OC)cn1. The Morgan fingerprint density at radius 1 is 1.37 bits per heavy atom. The van der Waals surface area contributed by atoms with Crippen molar-refractivity contribution in [2.75, 3.05) is 7.11 Å². The number of rotatable bonds is 6. The minimum absolute atomic E-state index is 0.390. The van der Waals surface area contributed by atoms with Crippen LogP contribution in [0.4, 0.5) is 0 Å². The zero-order valence-electron chi connectivity index (χ0n) is 11.1. The summed E-state index contributed by atoms with van der Waals surface area (Å²) >= 11 is 5.92. The van der Waals surface area contributed by atoms with Gasteiger partial charge in [0.2, 0.25) is 0 Å². The lowest BCUT2D eigenvalue weighted by Crippen LogP contribution is -2.00. The summed E-state index contributed by atoms with van der Waals surface area (Å²) < 4.78 is 13.0. The molecule has 0 saturated carbocycles. The maximum absolute atomic E-state index is 5.92. The molecule has 0 N–H and O–H groups in total. The van der Waals surface area contributed by atoms with Crippen LogP contribution in [0.2, 0.25) is 0 Å². The molecule has 0 aliphatic carbocycles. The van der Waals surface area contributed by atoms with Gasteiger partial charge >= 0.3 is 0 Å². The molecular weight excluding hydrogens is 264 g/mol. The first-order valence-corrected chi connectivity index (χ1v) is 6.68. The zero-order valence-corrected chi connectivity index (χ0v) is 11.9. The van der Waals surface area contributed by atoms with Gasteiger partial charge in [-0.05, 0) is 13.0 Å². The van der Waals surface area contributed by atoms with Gasteiger partial charge in [0, 0.05) is 23.9 Å². The van der Waals surface area contributed by atoms with E-state index in [-0.39, 0.29) is 0 Å². The average Bonchev–Trinajstić information content (AvgIpc) is 2.92. The van der Waals surface area contributed by atoms with Crippen LogP contribution in [0.1, 0.15) is 18.1 Å². The normalized spacial score (nSPS) is 10.5. The van der Waals surface area contributed by atoms with Crippen molar-refractivity contribution in [3.05, 3.63) is 41.7 Å². The first kappa shape index (κ1) is 13.7. The van der Waals surface area contributed by atoms with E-state index in [4.69, 9.17) is 21.1 Å². The predicted octanol–water partition coefficient (Wildman–Crippen LogP) is 3.23. The fourth-order valence-corrected chi connectivity index (χ4v) is 2.01. The summed E-state index contributed by atoms with van der Waals surface area (Å²) in [5, 5.41) is 4.21. The van der Waals surface area contributed by atoms with Gasteiger partial charge < -0.3 is 9.47 Å². The Morgan fingerprint density at radius 3 is 2.84 bits per heavy atom. The first-order valence-electron chi connectivity index (χ1n) is 6.14. The topological polar surface area (TPSA) is 36.3 Å². The van der Waals surface area contributed by atoms with Crippen molar-refractivity contribution in [2.45, 2.75) is 26.0 Å². The van der Waals surface area contributed by atoms with Crippen LogP contribution in [0.5, 0.6) is 11.5 Å². The van der Waals surface area contributed by atoms with Crippen molar-refractivity contribution in [1.29, 1.82) is 0 Å². The average molecular weight is 281 g/mol. The molecule has 2 aromatic rings. The number of nitrogens with zero attached hydrogens (tertiary/aromatic N) is 2. The van der Waals surface area contributed by atoms with Crippen LogP contribution < -0.4 is 9.47 Å². The maximum atomic E-state index is 5.92. The molecule has 0 unspecified atom stereocenters. The van der Waals surface area contributed by atoms with Gasteiger partial charge in [0.05, 0.1) is 19.2 Å². The summed E-state index contributed by atoms with van der Waals surface area (Å²) in [4.78, 5) is 0. The number of hydrogen-bond donors (Lipinski definition) is 0. The summed E-state index contributed by atoms with van der Waals surface area (Å²) in [6, 6.07) is 5.69. The van der Waals surface area contributed by atoms with Crippen molar-refractivity contribution < 1.29 is 9.47 Å². The van der Waals surface area contributed by atoms with Crippen LogP contribution in [-0.4, -0.2) is 16.9 Å². The number of para-hydroxylation sites is 1. The van der Waals surface area contributed by atoms with Crippen LogP contribution in [0, 0.1) is 0 Å². The van der Waals surface area contributed by atoms with Gasteiger partial charge in [0.15, 0.2) is 11.5 Å². The van der Waals surface area contributed by atoms with E-state index >= 15 is 0 Å². The largest absolute Gasteiger partial charge is 0.493 e. The third-order valence-corrected chi connectivity index (χ3v) is 3.11. The van der Waals surface area contributed by atoms with Gasteiger partial charge in [0.1, 0.15) is 6.61 Å². The van der Waals surface area contributed by atoms with Crippen molar-refractivity contribution in [3.8, 4) is 11.5 Å². The Kier molecular flexibility index (Phi) is 4.68. The lowest BCUT2D eigenvalue weighted by molar-refractivity contribution is 0.282. The molecule has 0 radical (unpaired) electrons. The second kappa shape index (κ2) is 6.48. The highest BCUT2D eigenvalue weighted by molar-refractivity contribution is 6.17. The molecule has 0 bridgehead atoms. The van der Waals surface area contributed by atoms with E-state index in [1.165, 1.54) is 0 Å². The molecule has 0 aliphatic rings. The summed E-state index contributed by atoms with van der Waals surface area (Å²) in [5.74, 6) is 1.78. The third-order valence-electron chi connectivity index (χ3n) is 2.82. The quantitative estimate of drug-likeness (QED) is 0.762. The predicted molar refractivity (Wildman–Crippen MR) is 74.8 cm³/mol. The summed E-state index contributed by atoms with van der Waals surface area (Å²) in [6.07, 6.45) is 3.77. The molecule has 0 spiro atoms. The van der Waals surface area contributed by atoms with Gasteiger partial charge in [-0.1, -0.05) is 12.1 Å². The fourth-order valence-electron chi connectivity index (χ4n) is 1.80. The van der Waals surface area contributed by atoms with Gasteiger partial charge in [-0.25, -0.2) is 0 Å². The van der Waals surface area contributed by atoms with Crippen molar-refractivity contribution in [1.82, 2.24) is 9.78 Å². The van der Waals surface area contributed by atoms with E-state index in [0.29, 0.717) is 24.0 Å². The van der Waals surface area contributed by atoms with Gasteiger partial charge in [-0.3, -0.25) is 4.68 Å². The van der Waals surface area contributed by atoms with Crippen LogP contribution in [0.25, 0.3) is 0 Å². The Hall–Kier alpha value is -1.68. The second-order valence-corrected chi connectivity index (χ2v) is 4.34. The molecule has 0 saturated heterocycles. The first-order chi connectivity index (χ1) is 9.28. The van der Waals surface area contributed by atoms with Crippen LogP contribution in [0.3, 0.4) is 0 Å². The molecule has 0 fully saturated rings. The molecule has 0 amide bonds. The molecule has 1 aromatic heterocycles. The van der Waals surface area contributed by atoms with Gasteiger partial charge in [-0.2, -0.15) is 5.10 Å². The van der Waals surface area contributed by atoms with Crippen molar-refractivity contribution in [2.24, 2.45) is 0 Å².